The molecule has 1 fully saturated rings. The maximum absolute atomic E-state index is 13.5. The van der Waals surface area contributed by atoms with Crippen molar-refractivity contribution in [1.82, 2.24) is 4.90 Å². The van der Waals surface area contributed by atoms with Crippen LogP contribution in [-0.2, 0) is 14.3 Å². The van der Waals surface area contributed by atoms with Crippen LogP contribution >= 0.6 is 0 Å². The molecule has 0 aromatic rings. The summed E-state index contributed by atoms with van der Waals surface area (Å²) in [6.45, 7) is 25.5. The van der Waals surface area contributed by atoms with E-state index in [2.05, 4.69) is 37.6 Å². The van der Waals surface area contributed by atoms with E-state index in [0.717, 1.165) is 50.2 Å². The monoisotopic (exact) mass is 475 g/mol. The molecule has 6 heteroatoms. The normalized spacial score (nSPS) is 27.1. The van der Waals surface area contributed by atoms with E-state index in [1.807, 2.05) is 54.7 Å². The van der Waals surface area contributed by atoms with Crippen LogP contribution in [0.25, 0.3) is 0 Å². The van der Waals surface area contributed by atoms with Gasteiger partial charge in [-0.15, -0.1) is 0 Å². The van der Waals surface area contributed by atoms with E-state index < -0.39 is 17.2 Å². The Hall–Kier alpha value is -1.69. The second-order valence-corrected chi connectivity index (χ2v) is 12.3. The fourth-order valence-corrected chi connectivity index (χ4v) is 4.67. The van der Waals surface area contributed by atoms with Gasteiger partial charge in [0, 0.05) is 42.8 Å². The van der Waals surface area contributed by atoms with Crippen LogP contribution in [0.5, 0.6) is 0 Å². The summed E-state index contributed by atoms with van der Waals surface area (Å²) >= 11 is 0. The van der Waals surface area contributed by atoms with Gasteiger partial charge in [-0.2, -0.15) is 0 Å². The molecule has 1 saturated heterocycles. The molecule has 0 amide bonds. The van der Waals surface area contributed by atoms with Gasteiger partial charge in [-0.05, 0) is 86.0 Å². The smallest absolute Gasteiger partial charge is 0.340 e. The largest absolute Gasteiger partial charge is 0.461 e. The number of carbonyl (C=O) groups excluding carboxylic acids is 1. The first-order valence-electron chi connectivity index (χ1n) is 13.0. The zero-order valence-corrected chi connectivity index (χ0v) is 23.6. The van der Waals surface area contributed by atoms with Gasteiger partial charge in [-0.3, -0.25) is 9.98 Å². The first-order chi connectivity index (χ1) is 15.6. The van der Waals surface area contributed by atoms with Gasteiger partial charge in [0.15, 0.2) is 6.10 Å². The van der Waals surface area contributed by atoms with Crippen molar-refractivity contribution in [3.63, 3.8) is 0 Å². The fourth-order valence-electron chi connectivity index (χ4n) is 4.67. The molecule has 2 heterocycles. The number of hydrogen-bond donors (Lipinski definition) is 0. The summed E-state index contributed by atoms with van der Waals surface area (Å²) in [7, 11) is 0. The number of rotatable bonds is 7. The highest BCUT2D eigenvalue weighted by Crippen LogP contribution is 2.39. The highest BCUT2D eigenvalue weighted by molar-refractivity contribution is 6.05. The molecule has 0 spiro atoms. The Morgan fingerprint density at radius 3 is 2.32 bits per heavy atom. The highest BCUT2D eigenvalue weighted by Gasteiger charge is 2.41. The van der Waals surface area contributed by atoms with E-state index in [-0.39, 0.29) is 18.0 Å². The molecule has 3 atom stereocenters. The fraction of sp³-hybridized carbons (Fsp3) is 0.821. The standard InChI is InChI=1S/C28H49N3O3/c1-12-29-18-28(11)20(4)17-22(31-15-13-27(9,10)14-16-31)23(21(5)30-28)24(34-26(6,7)8)25(32)33-19(2)3/h18-20,24H,12-17H2,1-11H3/b29-18-/t20?,24-,28-/m0/s1. The third-order valence-electron chi connectivity index (χ3n) is 6.94. The molecule has 6 nitrogen and oxygen atoms in total. The third kappa shape index (κ3) is 7.40. The molecule has 34 heavy (non-hydrogen) atoms. The third-order valence-corrected chi connectivity index (χ3v) is 6.94. The van der Waals surface area contributed by atoms with Crippen molar-refractivity contribution in [3.05, 3.63) is 11.3 Å². The second kappa shape index (κ2) is 10.9. The minimum absolute atomic E-state index is 0.219. The summed E-state index contributed by atoms with van der Waals surface area (Å²) in [5, 5.41) is 0. The molecular formula is C28H49N3O3. The lowest BCUT2D eigenvalue weighted by molar-refractivity contribution is -0.165. The second-order valence-electron chi connectivity index (χ2n) is 12.3. The van der Waals surface area contributed by atoms with E-state index in [4.69, 9.17) is 14.5 Å². The van der Waals surface area contributed by atoms with Gasteiger partial charge in [-0.1, -0.05) is 20.8 Å². The highest BCUT2D eigenvalue weighted by atomic mass is 16.6. The first-order valence-corrected chi connectivity index (χ1v) is 13.0. The van der Waals surface area contributed by atoms with Crippen LogP contribution < -0.4 is 0 Å². The molecule has 0 aromatic carbocycles. The summed E-state index contributed by atoms with van der Waals surface area (Å²) in [4.78, 5) is 25.7. The van der Waals surface area contributed by atoms with Gasteiger partial charge >= 0.3 is 5.97 Å². The van der Waals surface area contributed by atoms with Gasteiger partial charge in [0.05, 0.1) is 17.2 Å². The van der Waals surface area contributed by atoms with E-state index in [1.54, 1.807) is 0 Å². The molecule has 0 saturated carbocycles. The maximum Gasteiger partial charge on any atom is 0.340 e. The predicted molar refractivity (Wildman–Crippen MR) is 142 cm³/mol. The van der Waals surface area contributed by atoms with E-state index in [0.29, 0.717) is 5.41 Å². The Bertz CT molecular complexity index is 809. The average molecular weight is 476 g/mol. The Kier molecular flexibility index (Phi) is 9.17. The molecular weight excluding hydrogens is 426 g/mol. The number of carbonyl (C=O) groups is 1. The molecule has 194 valence electrons. The van der Waals surface area contributed by atoms with Crippen LogP contribution in [0.15, 0.2) is 21.3 Å². The summed E-state index contributed by atoms with van der Waals surface area (Å²) in [6.07, 6.45) is 3.99. The van der Waals surface area contributed by atoms with Crippen molar-refractivity contribution in [2.45, 2.75) is 119 Å². The minimum Gasteiger partial charge on any atom is -0.461 e. The number of aliphatic imine (C=N–C) groups is 2. The van der Waals surface area contributed by atoms with E-state index in [9.17, 15) is 4.79 Å². The number of ether oxygens (including phenoxy) is 2. The van der Waals surface area contributed by atoms with Crippen LogP contribution in [0.4, 0.5) is 0 Å². The molecule has 0 aromatic heterocycles. The van der Waals surface area contributed by atoms with Gasteiger partial charge < -0.3 is 14.4 Å². The van der Waals surface area contributed by atoms with Crippen LogP contribution in [0.3, 0.4) is 0 Å². The maximum atomic E-state index is 13.5. The molecule has 2 rings (SSSR count). The van der Waals surface area contributed by atoms with Gasteiger partial charge in [0.1, 0.15) is 0 Å². The van der Waals surface area contributed by atoms with Crippen molar-refractivity contribution in [1.29, 1.82) is 0 Å². The van der Waals surface area contributed by atoms with Gasteiger partial charge in [0.25, 0.3) is 0 Å². The molecule has 1 unspecified atom stereocenters. The topological polar surface area (TPSA) is 63.5 Å². The molecule has 2 aliphatic rings. The molecule has 0 bridgehead atoms. The van der Waals surface area contributed by atoms with Crippen molar-refractivity contribution in [2.75, 3.05) is 19.6 Å². The minimum atomic E-state index is -0.825. The number of esters is 1. The van der Waals surface area contributed by atoms with Crippen LogP contribution in [0.2, 0.25) is 0 Å². The van der Waals surface area contributed by atoms with Crippen LogP contribution in [0, 0.1) is 11.3 Å². The lowest BCUT2D eigenvalue weighted by Gasteiger charge is -2.41. The number of allylic oxidation sites excluding steroid dienone is 1. The van der Waals surface area contributed by atoms with Crippen molar-refractivity contribution in [3.8, 4) is 0 Å². The van der Waals surface area contributed by atoms with Crippen LogP contribution in [-0.4, -0.2) is 65.8 Å². The van der Waals surface area contributed by atoms with Crippen molar-refractivity contribution < 1.29 is 14.3 Å². The van der Waals surface area contributed by atoms with Crippen LogP contribution in [0.1, 0.15) is 95.4 Å². The first kappa shape index (κ1) is 28.5. The molecule has 2 aliphatic heterocycles. The number of nitrogens with zero attached hydrogens (tertiary/aromatic N) is 3. The predicted octanol–water partition coefficient (Wildman–Crippen LogP) is 5.85. The Morgan fingerprint density at radius 2 is 1.82 bits per heavy atom. The van der Waals surface area contributed by atoms with Crippen molar-refractivity contribution in [2.24, 2.45) is 21.3 Å². The average Bonchev–Trinajstić information content (AvgIpc) is 2.78. The lowest BCUT2D eigenvalue weighted by Crippen LogP contribution is -2.43. The van der Waals surface area contributed by atoms with E-state index >= 15 is 0 Å². The number of piperidine rings is 1. The summed E-state index contributed by atoms with van der Waals surface area (Å²) < 4.78 is 12.2. The van der Waals surface area contributed by atoms with E-state index in [1.165, 1.54) is 5.70 Å². The lowest BCUT2D eigenvalue weighted by atomic mass is 9.81. The van der Waals surface area contributed by atoms with Gasteiger partial charge in [-0.25, -0.2) is 4.79 Å². The summed E-state index contributed by atoms with van der Waals surface area (Å²) in [5.74, 6) is -0.126. The Balaban J connectivity index is 2.68. The summed E-state index contributed by atoms with van der Waals surface area (Å²) in [5.41, 5.74) is 2.25. The Labute approximate surface area is 208 Å². The zero-order chi connectivity index (χ0) is 25.9. The quantitative estimate of drug-likeness (QED) is 0.342. The molecule has 0 N–H and O–H groups in total. The number of hydrogen-bond acceptors (Lipinski definition) is 6. The van der Waals surface area contributed by atoms with Gasteiger partial charge in [0.2, 0.25) is 0 Å². The summed E-state index contributed by atoms with van der Waals surface area (Å²) in [6, 6.07) is 0. The Morgan fingerprint density at radius 1 is 1.24 bits per heavy atom. The van der Waals surface area contributed by atoms with Crippen molar-refractivity contribution >= 4 is 17.9 Å². The molecule has 0 aliphatic carbocycles. The SMILES string of the molecule is CC/N=C\[C@]1(C)N=C(C)C([C@H](OC(C)(C)C)C(=O)OC(C)C)=C(N2CCC(C)(C)CC2)CC1C. The number of likely N-dealkylation sites (tertiary alicyclic amines) is 1. The zero-order valence-electron chi connectivity index (χ0n) is 23.6. The molecule has 0 radical (unpaired) electrons.